The van der Waals surface area contributed by atoms with Crippen molar-refractivity contribution in [2.24, 2.45) is 10.8 Å². The van der Waals surface area contributed by atoms with Gasteiger partial charge >= 0.3 is 0 Å². The molecule has 0 aliphatic heterocycles. The number of nitrogens with zero attached hydrogens (tertiary/aromatic N) is 3. The van der Waals surface area contributed by atoms with Crippen LogP contribution in [-0.4, -0.2) is 28.3 Å². The Labute approximate surface area is 182 Å². The zero-order chi connectivity index (χ0) is 22.3. The van der Waals surface area contributed by atoms with E-state index < -0.39 is 0 Å². The number of hydrogen-bond acceptors (Lipinski definition) is 4. The minimum Gasteiger partial charge on any atom is -0.489 e. The highest BCUT2D eigenvalue weighted by Gasteiger charge is 2.64. The topological polar surface area (TPSA) is 68.5 Å². The Hall–Kier alpha value is -2.65. The number of nitrogens with one attached hydrogen (secondary N) is 1. The van der Waals surface area contributed by atoms with Crippen LogP contribution in [0.1, 0.15) is 63.6 Å². The summed E-state index contributed by atoms with van der Waals surface area (Å²) in [6, 6.07) is 8.51. The van der Waals surface area contributed by atoms with Crippen LogP contribution in [0, 0.1) is 17.4 Å². The van der Waals surface area contributed by atoms with E-state index in [-0.39, 0.29) is 34.8 Å². The molecule has 2 aromatic rings. The first-order valence-electron chi connectivity index (χ1n) is 9.96. The Balaban J connectivity index is 1.74. The smallest absolute Gasteiger partial charge is 0.272 e. The molecule has 1 aliphatic rings. The third-order valence-corrected chi connectivity index (χ3v) is 6.22. The number of halogens is 1. The van der Waals surface area contributed by atoms with Crippen molar-refractivity contribution in [3.05, 3.63) is 58.2 Å². The third-order valence-electron chi connectivity index (χ3n) is 5.92. The van der Waals surface area contributed by atoms with E-state index in [2.05, 4.69) is 48.1 Å². The average molecular weight is 427 g/mol. The first-order valence-corrected chi connectivity index (χ1v) is 10.3. The molecule has 1 aromatic carbocycles. The van der Waals surface area contributed by atoms with E-state index in [0.717, 1.165) is 5.69 Å². The van der Waals surface area contributed by atoms with Gasteiger partial charge in [-0.25, -0.2) is 4.85 Å². The van der Waals surface area contributed by atoms with Gasteiger partial charge in [0.15, 0.2) is 5.69 Å². The van der Waals surface area contributed by atoms with Gasteiger partial charge in [0.05, 0.1) is 17.3 Å². The number of rotatable bonds is 5. The Morgan fingerprint density at radius 3 is 2.33 bits per heavy atom. The van der Waals surface area contributed by atoms with Gasteiger partial charge in [0.25, 0.3) is 5.91 Å². The number of aromatic nitrogens is 2. The Morgan fingerprint density at radius 2 is 1.83 bits per heavy atom. The maximum absolute atomic E-state index is 12.8. The van der Waals surface area contributed by atoms with Crippen LogP contribution in [0.4, 0.5) is 5.69 Å². The van der Waals surface area contributed by atoms with Gasteiger partial charge in [-0.3, -0.25) is 4.79 Å². The zero-order valence-electron chi connectivity index (χ0n) is 18.2. The molecule has 0 bridgehead atoms. The highest BCUT2D eigenvalue weighted by Crippen LogP contribution is 2.55. The molecule has 7 heteroatoms. The van der Waals surface area contributed by atoms with E-state index in [1.165, 1.54) is 0 Å². The van der Waals surface area contributed by atoms with Crippen molar-refractivity contribution in [2.75, 3.05) is 0 Å². The maximum Gasteiger partial charge on any atom is 0.272 e. The molecule has 3 rings (SSSR count). The lowest BCUT2D eigenvalue weighted by Gasteiger charge is -2.63. The predicted octanol–water partition coefficient (Wildman–Crippen LogP) is 5.42. The van der Waals surface area contributed by atoms with Gasteiger partial charge in [-0.05, 0) is 30.2 Å². The molecule has 0 radical (unpaired) electrons. The number of carbonyl (C=O) groups excluding carboxylic acids is 1. The predicted molar refractivity (Wildman–Crippen MR) is 117 cm³/mol. The highest BCUT2D eigenvalue weighted by molar-refractivity contribution is 6.33. The normalized spacial score (nSPS) is 21.4. The van der Waals surface area contributed by atoms with Crippen LogP contribution < -0.4 is 10.1 Å². The van der Waals surface area contributed by atoms with E-state index in [1.807, 2.05) is 19.9 Å². The number of amides is 1. The van der Waals surface area contributed by atoms with Crippen LogP contribution in [0.5, 0.6) is 5.75 Å². The van der Waals surface area contributed by atoms with Gasteiger partial charge in [-0.15, -0.1) is 5.10 Å². The molecule has 0 spiro atoms. The summed E-state index contributed by atoms with van der Waals surface area (Å²) >= 11 is 6.15. The molecule has 1 amide bonds. The Morgan fingerprint density at radius 1 is 1.17 bits per heavy atom. The van der Waals surface area contributed by atoms with Crippen molar-refractivity contribution < 1.29 is 9.53 Å². The van der Waals surface area contributed by atoms with Crippen LogP contribution >= 0.6 is 11.6 Å². The minimum atomic E-state index is -0.324. The molecule has 1 aromatic heterocycles. The minimum absolute atomic E-state index is 0.118. The summed E-state index contributed by atoms with van der Waals surface area (Å²) in [4.78, 5) is 16.2. The second-order valence-electron chi connectivity index (χ2n) is 9.27. The summed E-state index contributed by atoms with van der Waals surface area (Å²) < 4.78 is 6.25. The van der Waals surface area contributed by atoms with Crippen molar-refractivity contribution in [1.29, 1.82) is 0 Å². The molecular formula is C23H27ClN4O2. The molecule has 158 valence electrons. The van der Waals surface area contributed by atoms with Gasteiger partial charge in [0.1, 0.15) is 11.9 Å². The molecule has 1 fully saturated rings. The number of benzene rings is 1. The summed E-state index contributed by atoms with van der Waals surface area (Å²) in [5, 5.41) is 11.7. The summed E-state index contributed by atoms with van der Waals surface area (Å²) in [7, 11) is 0. The molecule has 1 heterocycles. The second-order valence-corrected chi connectivity index (χ2v) is 9.68. The first-order chi connectivity index (χ1) is 14.0. The molecule has 1 saturated carbocycles. The SMILES string of the molecule is [C-]#[N+]c1ccc(OC2C(C)(C)C(NC(=O)c3ccc(C(C)C)nn3)C2(C)C)cc1Cl. The zero-order valence-corrected chi connectivity index (χ0v) is 18.9. The summed E-state index contributed by atoms with van der Waals surface area (Å²) in [6.45, 7) is 19.4. The quantitative estimate of drug-likeness (QED) is 0.648. The first kappa shape index (κ1) is 22.0. The highest BCUT2D eigenvalue weighted by atomic mass is 35.5. The van der Waals surface area contributed by atoms with Crippen molar-refractivity contribution >= 4 is 23.2 Å². The number of carbonyl (C=O) groups is 1. The van der Waals surface area contributed by atoms with Crippen LogP contribution in [-0.2, 0) is 0 Å². The third kappa shape index (κ3) is 3.87. The van der Waals surface area contributed by atoms with Gasteiger partial charge in [-0.2, -0.15) is 5.10 Å². The lowest BCUT2D eigenvalue weighted by molar-refractivity contribution is -0.164. The second kappa shape index (κ2) is 7.88. The Bertz CT molecular complexity index is 977. The number of ether oxygens (including phenoxy) is 1. The van der Waals surface area contributed by atoms with Crippen LogP contribution in [0.3, 0.4) is 0 Å². The van der Waals surface area contributed by atoms with E-state index in [0.29, 0.717) is 22.2 Å². The van der Waals surface area contributed by atoms with E-state index >= 15 is 0 Å². The molecule has 1 N–H and O–H groups in total. The van der Waals surface area contributed by atoms with Crippen LogP contribution in [0.2, 0.25) is 5.02 Å². The standard InChI is InChI=1S/C23H27ClN4O2/c1-13(2)16-10-11-18(28-27-16)19(29)26-20-22(3,4)21(23(20,5)6)30-14-8-9-17(25-7)15(24)12-14/h8-13,20-21H,1-6H3,(H,26,29). The fourth-order valence-electron chi connectivity index (χ4n) is 4.56. The van der Waals surface area contributed by atoms with Crippen molar-refractivity contribution in [3.63, 3.8) is 0 Å². The maximum atomic E-state index is 12.8. The molecular weight excluding hydrogens is 400 g/mol. The Kier molecular flexibility index (Phi) is 5.79. The fourth-order valence-corrected chi connectivity index (χ4v) is 4.78. The van der Waals surface area contributed by atoms with Gasteiger partial charge < -0.3 is 10.1 Å². The largest absolute Gasteiger partial charge is 0.489 e. The lowest BCUT2D eigenvalue weighted by atomic mass is 9.49. The number of hydrogen-bond donors (Lipinski definition) is 1. The molecule has 0 atom stereocenters. The van der Waals surface area contributed by atoms with Gasteiger partial charge in [0.2, 0.25) is 5.69 Å². The molecule has 6 nitrogen and oxygen atoms in total. The lowest BCUT2D eigenvalue weighted by Crippen LogP contribution is -2.74. The average Bonchev–Trinajstić information content (AvgIpc) is 2.69. The van der Waals surface area contributed by atoms with E-state index in [9.17, 15) is 4.79 Å². The van der Waals surface area contributed by atoms with Gasteiger partial charge in [0, 0.05) is 16.9 Å². The summed E-state index contributed by atoms with van der Waals surface area (Å²) in [5.74, 6) is 0.625. The molecule has 0 saturated heterocycles. The van der Waals surface area contributed by atoms with E-state index in [1.54, 1.807) is 24.3 Å². The van der Waals surface area contributed by atoms with Crippen molar-refractivity contribution in [3.8, 4) is 5.75 Å². The van der Waals surface area contributed by atoms with Crippen molar-refractivity contribution in [1.82, 2.24) is 15.5 Å². The van der Waals surface area contributed by atoms with Crippen LogP contribution in [0.25, 0.3) is 4.85 Å². The molecule has 0 unspecified atom stereocenters. The summed E-state index contributed by atoms with van der Waals surface area (Å²) in [6.07, 6.45) is -0.153. The fraction of sp³-hybridized carbons (Fsp3) is 0.478. The van der Waals surface area contributed by atoms with Crippen molar-refractivity contribution in [2.45, 2.75) is 59.6 Å². The van der Waals surface area contributed by atoms with Crippen LogP contribution in [0.15, 0.2) is 30.3 Å². The van der Waals surface area contributed by atoms with E-state index in [4.69, 9.17) is 22.9 Å². The monoisotopic (exact) mass is 426 g/mol. The molecule has 30 heavy (non-hydrogen) atoms. The summed E-state index contributed by atoms with van der Waals surface area (Å²) in [5.41, 5.74) is 0.903. The molecule has 1 aliphatic carbocycles. The van der Waals surface area contributed by atoms with Gasteiger partial charge in [-0.1, -0.05) is 59.2 Å².